The number of hydrogen-bond donors (Lipinski definition) is 1. The number of piperazine rings is 1. The van der Waals surface area contributed by atoms with Crippen LogP contribution in [0, 0.1) is 0 Å². The summed E-state index contributed by atoms with van der Waals surface area (Å²) < 4.78 is 5.44. The highest BCUT2D eigenvalue weighted by Crippen LogP contribution is 2.31. The van der Waals surface area contributed by atoms with Gasteiger partial charge in [-0.1, -0.05) is 12.1 Å². The summed E-state index contributed by atoms with van der Waals surface area (Å²) in [5.41, 5.74) is 0. The van der Waals surface area contributed by atoms with Crippen molar-refractivity contribution in [3.8, 4) is 5.75 Å². The molecule has 1 unspecified atom stereocenters. The first-order valence-corrected chi connectivity index (χ1v) is 6.70. The molecule has 19 heavy (non-hydrogen) atoms. The van der Waals surface area contributed by atoms with Gasteiger partial charge >= 0.3 is 0 Å². The minimum Gasteiger partial charge on any atom is -0.496 e. The van der Waals surface area contributed by atoms with E-state index in [0.29, 0.717) is 6.04 Å². The molecule has 1 aromatic heterocycles. The molecule has 4 nitrogen and oxygen atoms in total. The molecule has 1 aromatic carbocycles. The Bertz CT molecular complexity index is 585. The highest BCUT2D eigenvalue weighted by atomic mass is 16.5. The van der Waals surface area contributed by atoms with E-state index in [0.717, 1.165) is 42.0 Å². The normalized spacial score (nSPS) is 19.7. The summed E-state index contributed by atoms with van der Waals surface area (Å²) >= 11 is 0. The second kappa shape index (κ2) is 5.05. The topological polar surface area (TPSA) is 37.4 Å². The van der Waals surface area contributed by atoms with Crippen LogP contribution in [0.3, 0.4) is 0 Å². The van der Waals surface area contributed by atoms with Crippen LogP contribution in [0.15, 0.2) is 30.5 Å². The maximum atomic E-state index is 5.44. The number of fused-ring (bicyclic) bond motifs is 1. The van der Waals surface area contributed by atoms with Gasteiger partial charge in [0.05, 0.1) is 7.11 Å². The predicted octanol–water partition coefficient (Wildman–Crippen LogP) is 2.04. The van der Waals surface area contributed by atoms with E-state index in [4.69, 9.17) is 4.74 Å². The lowest BCUT2D eigenvalue weighted by Gasteiger charge is -2.35. The third-order valence-corrected chi connectivity index (χ3v) is 3.74. The lowest BCUT2D eigenvalue weighted by Crippen LogP contribution is -2.50. The Morgan fingerprint density at radius 1 is 1.32 bits per heavy atom. The van der Waals surface area contributed by atoms with Crippen molar-refractivity contribution in [2.45, 2.75) is 13.0 Å². The monoisotopic (exact) mass is 257 g/mol. The summed E-state index contributed by atoms with van der Waals surface area (Å²) in [6, 6.07) is 8.62. The van der Waals surface area contributed by atoms with Gasteiger partial charge in [-0.25, -0.2) is 4.98 Å². The van der Waals surface area contributed by atoms with E-state index >= 15 is 0 Å². The Morgan fingerprint density at radius 2 is 2.21 bits per heavy atom. The number of rotatable bonds is 2. The van der Waals surface area contributed by atoms with Crippen LogP contribution in [0.25, 0.3) is 10.8 Å². The number of nitrogens with one attached hydrogen (secondary N) is 1. The van der Waals surface area contributed by atoms with Crippen molar-refractivity contribution in [2.75, 3.05) is 31.6 Å². The maximum Gasteiger partial charge on any atom is 0.136 e. The predicted molar refractivity (Wildman–Crippen MR) is 78.0 cm³/mol. The van der Waals surface area contributed by atoms with E-state index in [2.05, 4.69) is 28.2 Å². The second-order valence-corrected chi connectivity index (χ2v) is 4.94. The third kappa shape index (κ3) is 2.12. The molecule has 2 aromatic rings. The molecule has 4 heteroatoms. The summed E-state index contributed by atoms with van der Waals surface area (Å²) in [5.74, 6) is 1.97. The summed E-state index contributed by atoms with van der Waals surface area (Å²) in [5, 5.41) is 5.70. The van der Waals surface area contributed by atoms with Crippen molar-refractivity contribution in [1.29, 1.82) is 0 Å². The van der Waals surface area contributed by atoms with Crippen LogP contribution >= 0.6 is 0 Å². The zero-order valence-electron chi connectivity index (χ0n) is 11.4. The first-order chi connectivity index (χ1) is 9.31. The van der Waals surface area contributed by atoms with E-state index in [9.17, 15) is 0 Å². The Kier molecular flexibility index (Phi) is 3.25. The van der Waals surface area contributed by atoms with Gasteiger partial charge in [-0.05, 0) is 19.1 Å². The summed E-state index contributed by atoms with van der Waals surface area (Å²) in [6.07, 6.45) is 1.87. The standard InChI is InChI=1S/C15H19N3O/c1-11-10-16-8-9-18(11)15-13-4-3-5-14(19-2)12(13)6-7-17-15/h3-7,11,16H,8-10H2,1-2H3. The van der Waals surface area contributed by atoms with Gasteiger partial charge in [0, 0.05) is 42.6 Å². The fraction of sp³-hybridized carbons (Fsp3) is 0.400. The molecule has 1 aliphatic heterocycles. The smallest absolute Gasteiger partial charge is 0.136 e. The number of nitrogens with zero attached hydrogens (tertiary/aromatic N) is 2. The number of pyridine rings is 1. The fourth-order valence-electron chi connectivity index (χ4n) is 2.73. The molecule has 1 fully saturated rings. The molecule has 1 atom stereocenters. The lowest BCUT2D eigenvalue weighted by molar-refractivity contribution is 0.420. The maximum absolute atomic E-state index is 5.44. The van der Waals surface area contributed by atoms with Gasteiger partial charge in [0.25, 0.3) is 0 Å². The van der Waals surface area contributed by atoms with Gasteiger partial charge in [-0.3, -0.25) is 0 Å². The summed E-state index contributed by atoms with van der Waals surface area (Å²) in [7, 11) is 1.71. The van der Waals surface area contributed by atoms with E-state index in [1.54, 1.807) is 7.11 Å². The van der Waals surface area contributed by atoms with Gasteiger partial charge < -0.3 is 15.0 Å². The van der Waals surface area contributed by atoms with Gasteiger partial charge in [0.2, 0.25) is 0 Å². The Balaban J connectivity index is 2.13. The average molecular weight is 257 g/mol. The molecular weight excluding hydrogens is 238 g/mol. The van der Waals surface area contributed by atoms with Gasteiger partial charge in [0.15, 0.2) is 0 Å². The van der Waals surface area contributed by atoms with Crippen molar-refractivity contribution in [2.24, 2.45) is 0 Å². The SMILES string of the molecule is COc1cccc2c(N3CCNCC3C)nccc12. The van der Waals surface area contributed by atoms with Crippen LogP contribution in [-0.4, -0.2) is 37.8 Å². The summed E-state index contributed by atoms with van der Waals surface area (Å²) in [6.45, 7) is 5.23. The quantitative estimate of drug-likeness (QED) is 0.893. The molecule has 100 valence electrons. The number of methoxy groups -OCH3 is 1. The molecule has 0 radical (unpaired) electrons. The Morgan fingerprint density at radius 3 is 3.00 bits per heavy atom. The second-order valence-electron chi connectivity index (χ2n) is 4.94. The number of hydrogen-bond acceptors (Lipinski definition) is 4. The zero-order valence-corrected chi connectivity index (χ0v) is 11.4. The molecule has 3 rings (SSSR count). The molecule has 2 heterocycles. The molecule has 1 saturated heterocycles. The minimum atomic E-state index is 0.457. The molecule has 0 aliphatic carbocycles. The molecule has 1 aliphatic rings. The van der Waals surface area contributed by atoms with Crippen LogP contribution in [0.1, 0.15) is 6.92 Å². The van der Waals surface area contributed by atoms with Crippen molar-refractivity contribution in [1.82, 2.24) is 10.3 Å². The van der Waals surface area contributed by atoms with Crippen molar-refractivity contribution in [3.05, 3.63) is 30.5 Å². The van der Waals surface area contributed by atoms with Crippen LogP contribution in [0.5, 0.6) is 5.75 Å². The number of benzene rings is 1. The van der Waals surface area contributed by atoms with Gasteiger partial charge in [0.1, 0.15) is 11.6 Å². The molecule has 0 bridgehead atoms. The van der Waals surface area contributed by atoms with E-state index in [1.807, 2.05) is 24.4 Å². The van der Waals surface area contributed by atoms with Gasteiger partial charge in [-0.15, -0.1) is 0 Å². The minimum absolute atomic E-state index is 0.457. The van der Waals surface area contributed by atoms with Crippen molar-refractivity contribution < 1.29 is 4.74 Å². The lowest BCUT2D eigenvalue weighted by atomic mass is 10.1. The number of ether oxygens (including phenoxy) is 1. The fourth-order valence-corrected chi connectivity index (χ4v) is 2.73. The van der Waals surface area contributed by atoms with Gasteiger partial charge in [-0.2, -0.15) is 0 Å². The summed E-state index contributed by atoms with van der Waals surface area (Å²) in [4.78, 5) is 6.97. The molecule has 0 amide bonds. The Hall–Kier alpha value is -1.81. The molecule has 1 N–H and O–H groups in total. The zero-order chi connectivity index (χ0) is 13.2. The molecule has 0 saturated carbocycles. The van der Waals surface area contributed by atoms with Crippen LogP contribution in [0.4, 0.5) is 5.82 Å². The highest BCUT2D eigenvalue weighted by molar-refractivity contribution is 5.96. The first kappa shape index (κ1) is 12.2. The average Bonchev–Trinajstić information content (AvgIpc) is 2.46. The highest BCUT2D eigenvalue weighted by Gasteiger charge is 2.21. The van der Waals surface area contributed by atoms with Crippen LogP contribution < -0.4 is 15.0 Å². The van der Waals surface area contributed by atoms with Crippen molar-refractivity contribution in [3.63, 3.8) is 0 Å². The largest absolute Gasteiger partial charge is 0.496 e. The van der Waals surface area contributed by atoms with E-state index in [1.165, 1.54) is 0 Å². The molecular formula is C15H19N3O. The van der Waals surface area contributed by atoms with E-state index in [-0.39, 0.29) is 0 Å². The molecule has 0 spiro atoms. The Labute approximate surface area is 113 Å². The number of aromatic nitrogens is 1. The van der Waals surface area contributed by atoms with Crippen molar-refractivity contribution >= 4 is 16.6 Å². The number of anilines is 1. The van der Waals surface area contributed by atoms with Crippen LogP contribution in [0.2, 0.25) is 0 Å². The third-order valence-electron chi connectivity index (χ3n) is 3.74. The first-order valence-electron chi connectivity index (χ1n) is 6.70. The van der Waals surface area contributed by atoms with Crippen LogP contribution in [-0.2, 0) is 0 Å². The van der Waals surface area contributed by atoms with E-state index < -0.39 is 0 Å².